The molecule has 0 radical (unpaired) electrons. The van der Waals surface area contributed by atoms with Crippen molar-refractivity contribution in [1.29, 1.82) is 0 Å². The van der Waals surface area contributed by atoms with Crippen molar-refractivity contribution in [1.82, 2.24) is 0 Å². The molecule has 2 nitrogen and oxygen atoms in total. The molecule has 3 aliphatic carbocycles. The van der Waals surface area contributed by atoms with Crippen LogP contribution in [0.15, 0.2) is 0 Å². The molecule has 3 saturated carbocycles. The zero-order chi connectivity index (χ0) is 10.5. The zero-order valence-electron chi connectivity index (χ0n) is 9.50. The maximum Gasteiger partial charge on any atom is 0.311 e. The summed E-state index contributed by atoms with van der Waals surface area (Å²) >= 11 is 0. The number of carbonyl (C=O) groups excluding carboxylic acids is 1. The predicted octanol–water partition coefficient (Wildman–Crippen LogP) is 2.77. The summed E-state index contributed by atoms with van der Waals surface area (Å²) in [6.07, 6.45) is 8.78. The maximum absolute atomic E-state index is 12.0. The van der Waals surface area contributed by atoms with Crippen molar-refractivity contribution >= 4 is 5.97 Å². The van der Waals surface area contributed by atoms with Crippen molar-refractivity contribution in [2.45, 2.75) is 44.9 Å². The third-order valence-electron chi connectivity index (χ3n) is 5.19. The van der Waals surface area contributed by atoms with Crippen molar-refractivity contribution < 1.29 is 9.53 Å². The number of carbonyl (C=O) groups is 1. The minimum absolute atomic E-state index is 0.0702. The molecule has 0 amide bonds. The number of ether oxygens (including phenoxy) is 1. The van der Waals surface area contributed by atoms with Crippen molar-refractivity contribution in [3.05, 3.63) is 0 Å². The van der Waals surface area contributed by atoms with Gasteiger partial charge in [-0.05, 0) is 56.3 Å². The van der Waals surface area contributed by atoms with Crippen molar-refractivity contribution in [3.8, 4) is 0 Å². The fourth-order valence-electron chi connectivity index (χ4n) is 4.53. The Morgan fingerprint density at radius 1 is 1.20 bits per heavy atom. The number of methoxy groups -OCH3 is 1. The number of rotatable bonds is 1. The van der Waals surface area contributed by atoms with Crippen LogP contribution in [-0.2, 0) is 9.53 Å². The number of hydrogen-bond donors (Lipinski definition) is 0. The van der Waals surface area contributed by atoms with Gasteiger partial charge in [0.25, 0.3) is 0 Å². The van der Waals surface area contributed by atoms with Crippen LogP contribution in [-0.4, -0.2) is 13.1 Å². The van der Waals surface area contributed by atoms with E-state index < -0.39 is 0 Å². The molecule has 3 fully saturated rings. The summed E-state index contributed by atoms with van der Waals surface area (Å²) in [7, 11) is 1.55. The Kier molecular flexibility index (Phi) is 2.08. The van der Waals surface area contributed by atoms with Crippen LogP contribution in [0.5, 0.6) is 0 Å². The summed E-state index contributed by atoms with van der Waals surface area (Å²) in [4.78, 5) is 12.0. The molecule has 3 rings (SSSR count). The van der Waals surface area contributed by atoms with Gasteiger partial charge < -0.3 is 4.74 Å². The van der Waals surface area contributed by atoms with Gasteiger partial charge in [0.2, 0.25) is 0 Å². The molecule has 0 spiro atoms. The molecule has 0 aromatic rings. The molecule has 84 valence electrons. The van der Waals surface area contributed by atoms with E-state index in [1.54, 1.807) is 7.11 Å². The molecule has 0 N–H and O–H groups in total. The highest BCUT2D eigenvalue weighted by molar-refractivity contribution is 5.77. The fourth-order valence-corrected chi connectivity index (χ4v) is 4.53. The Labute approximate surface area is 91.4 Å². The van der Waals surface area contributed by atoms with Crippen molar-refractivity contribution in [3.63, 3.8) is 0 Å². The topological polar surface area (TPSA) is 26.3 Å². The highest BCUT2D eigenvalue weighted by Gasteiger charge is 2.53. The van der Waals surface area contributed by atoms with E-state index in [1.165, 1.54) is 25.7 Å². The molecule has 15 heavy (non-hydrogen) atoms. The van der Waals surface area contributed by atoms with Crippen LogP contribution in [0.25, 0.3) is 0 Å². The van der Waals surface area contributed by atoms with Crippen LogP contribution in [0.2, 0.25) is 0 Å². The Balaban J connectivity index is 1.89. The standard InChI is InChI=1S/C13H20O2/c1-15-12(14)13-5-4-10-3-2-9(7-13)6-11(10)8-13/h9-11H,2-8H2,1H3. The van der Waals surface area contributed by atoms with Gasteiger partial charge in [-0.15, -0.1) is 0 Å². The lowest BCUT2D eigenvalue weighted by atomic mass is 9.51. The molecular weight excluding hydrogens is 188 g/mol. The Morgan fingerprint density at radius 2 is 2.07 bits per heavy atom. The first kappa shape index (κ1) is 9.68. The van der Waals surface area contributed by atoms with Gasteiger partial charge in [-0.25, -0.2) is 0 Å². The summed E-state index contributed by atoms with van der Waals surface area (Å²) in [5.74, 6) is 2.67. The van der Waals surface area contributed by atoms with Gasteiger partial charge in [0.05, 0.1) is 12.5 Å². The number of fused-ring (bicyclic) bond motifs is 2. The minimum atomic E-state index is -0.0702. The van der Waals surface area contributed by atoms with E-state index in [-0.39, 0.29) is 11.4 Å². The van der Waals surface area contributed by atoms with Crippen LogP contribution in [0.1, 0.15) is 44.9 Å². The Hall–Kier alpha value is -0.530. The molecule has 0 aromatic heterocycles. The number of hydrogen-bond acceptors (Lipinski definition) is 2. The molecule has 4 atom stereocenters. The predicted molar refractivity (Wildman–Crippen MR) is 57.2 cm³/mol. The maximum atomic E-state index is 12.0. The quantitative estimate of drug-likeness (QED) is 0.619. The summed E-state index contributed by atoms with van der Waals surface area (Å²) < 4.78 is 5.03. The molecule has 3 aliphatic rings. The van der Waals surface area contributed by atoms with E-state index in [1.807, 2.05) is 0 Å². The van der Waals surface area contributed by atoms with E-state index in [0.29, 0.717) is 0 Å². The van der Waals surface area contributed by atoms with Crippen LogP contribution >= 0.6 is 0 Å². The second-order valence-corrected chi connectivity index (χ2v) is 5.92. The van der Waals surface area contributed by atoms with Crippen molar-refractivity contribution in [2.75, 3.05) is 7.11 Å². The van der Waals surface area contributed by atoms with Gasteiger partial charge in [0.1, 0.15) is 0 Å². The normalized spacial score (nSPS) is 47.7. The van der Waals surface area contributed by atoms with E-state index in [0.717, 1.165) is 37.0 Å². The Bertz CT molecular complexity index is 282. The lowest BCUT2D eigenvalue weighted by molar-refractivity contribution is -0.164. The van der Waals surface area contributed by atoms with Gasteiger partial charge in [0, 0.05) is 0 Å². The molecule has 3 bridgehead atoms. The number of esters is 1. The third-order valence-corrected chi connectivity index (χ3v) is 5.19. The second kappa shape index (κ2) is 3.23. The largest absolute Gasteiger partial charge is 0.469 e. The SMILES string of the molecule is COC(=O)C12CCC3CCC(CC3C1)C2. The first-order valence-corrected chi connectivity index (χ1v) is 6.32. The van der Waals surface area contributed by atoms with Crippen LogP contribution in [0.3, 0.4) is 0 Å². The second-order valence-electron chi connectivity index (χ2n) is 5.92. The molecule has 2 heteroatoms. The van der Waals surface area contributed by atoms with Crippen molar-refractivity contribution in [2.24, 2.45) is 23.2 Å². The van der Waals surface area contributed by atoms with Crippen LogP contribution < -0.4 is 0 Å². The Morgan fingerprint density at radius 3 is 2.87 bits per heavy atom. The first-order chi connectivity index (χ1) is 7.23. The van der Waals surface area contributed by atoms with E-state index in [2.05, 4.69) is 0 Å². The minimum Gasteiger partial charge on any atom is -0.469 e. The molecule has 4 unspecified atom stereocenters. The van der Waals surface area contributed by atoms with E-state index in [9.17, 15) is 4.79 Å². The van der Waals surface area contributed by atoms with Gasteiger partial charge in [-0.2, -0.15) is 0 Å². The highest BCUT2D eigenvalue weighted by atomic mass is 16.5. The van der Waals surface area contributed by atoms with Gasteiger partial charge in [0.15, 0.2) is 0 Å². The van der Waals surface area contributed by atoms with E-state index >= 15 is 0 Å². The van der Waals surface area contributed by atoms with Crippen LogP contribution in [0, 0.1) is 23.2 Å². The van der Waals surface area contributed by atoms with Crippen LogP contribution in [0.4, 0.5) is 0 Å². The average Bonchev–Trinajstić information content (AvgIpc) is 2.25. The van der Waals surface area contributed by atoms with E-state index in [4.69, 9.17) is 4.74 Å². The summed E-state index contributed by atoms with van der Waals surface area (Å²) in [5.41, 5.74) is -0.0702. The smallest absolute Gasteiger partial charge is 0.311 e. The lowest BCUT2D eigenvalue weighted by Gasteiger charge is -2.53. The third kappa shape index (κ3) is 1.33. The zero-order valence-corrected chi connectivity index (χ0v) is 9.50. The summed E-state index contributed by atoms with van der Waals surface area (Å²) in [6.45, 7) is 0. The molecule has 0 aromatic carbocycles. The first-order valence-electron chi connectivity index (χ1n) is 6.32. The fraction of sp³-hybridized carbons (Fsp3) is 0.923. The summed E-state index contributed by atoms with van der Waals surface area (Å²) in [6, 6.07) is 0. The highest BCUT2D eigenvalue weighted by Crippen LogP contribution is 2.58. The molecule has 0 aliphatic heterocycles. The average molecular weight is 208 g/mol. The monoisotopic (exact) mass is 208 g/mol. The molecular formula is C13H20O2. The van der Waals surface area contributed by atoms with Gasteiger partial charge >= 0.3 is 5.97 Å². The molecule has 0 saturated heterocycles. The summed E-state index contributed by atoms with van der Waals surface area (Å²) in [5, 5.41) is 0. The van der Waals surface area contributed by atoms with Gasteiger partial charge in [-0.1, -0.05) is 6.42 Å². The lowest BCUT2D eigenvalue weighted by Crippen LogP contribution is -2.48. The molecule has 0 heterocycles. The van der Waals surface area contributed by atoms with Gasteiger partial charge in [-0.3, -0.25) is 4.79 Å².